The lowest BCUT2D eigenvalue weighted by molar-refractivity contribution is -0.116. The van der Waals surface area contributed by atoms with Crippen molar-refractivity contribution in [2.75, 3.05) is 0 Å². The van der Waals surface area contributed by atoms with Crippen LogP contribution in [0.4, 0.5) is 0 Å². The van der Waals surface area contributed by atoms with Crippen molar-refractivity contribution in [2.45, 2.75) is 26.8 Å². The van der Waals surface area contributed by atoms with Gasteiger partial charge in [-0.3, -0.25) is 4.79 Å². The molecule has 2 rings (SSSR count). The van der Waals surface area contributed by atoms with Crippen LogP contribution in [0.15, 0.2) is 35.7 Å². The van der Waals surface area contributed by atoms with Gasteiger partial charge < -0.3 is 10.4 Å². The molecule has 2 aromatic rings. The molecule has 120 valence electrons. The van der Waals surface area contributed by atoms with E-state index >= 15 is 0 Å². The zero-order valence-corrected chi connectivity index (χ0v) is 13.8. The number of carboxylic acid groups (broad SMARTS) is 1. The SMILES string of the molecule is CC/C(=C\C(=O)NCc1nc(C(=O)O)cs1)c1ccc(C)cc1. The van der Waals surface area contributed by atoms with Gasteiger partial charge in [0.15, 0.2) is 5.69 Å². The van der Waals surface area contributed by atoms with Gasteiger partial charge in [-0.1, -0.05) is 36.8 Å². The van der Waals surface area contributed by atoms with Crippen LogP contribution in [0.2, 0.25) is 0 Å². The molecule has 0 aliphatic rings. The van der Waals surface area contributed by atoms with Crippen LogP contribution >= 0.6 is 11.3 Å². The maximum atomic E-state index is 12.0. The minimum Gasteiger partial charge on any atom is -0.476 e. The molecule has 1 aromatic carbocycles. The highest BCUT2D eigenvalue weighted by Crippen LogP contribution is 2.18. The van der Waals surface area contributed by atoms with E-state index in [2.05, 4.69) is 10.3 Å². The van der Waals surface area contributed by atoms with Crippen molar-refractivity contribution in [2.24, 2.45) is 0 Å². The molecule has 0 atom stereocenters. The first kappa shape index (κ1) is 16.9. The van der Waals surface area contributed by atoms with Gasteiger partial charge >= 0.3 is 5.97 Å². The Kier molecular flexibility index (Phi) is 5.65. The molecule has 1 aromatic heterocycles. The van der Waals surface area contributed by atoms with Crippen LogP contribution in [0, 0.1) is 6.92 Å². The van der Waals surface area contributed by atoms with E-state index in [9.17, 15) is 9.59 Å². The number of hydrogen-bond acceptors (Lipinski definition) is 4. The topological polar surface area (TPSA) is 79.3 Å². The first-order chi connectivity index (χ1) is 11.0. The summed E-state index contributed by atoms with van der Waals surface area (Å²) in [4.78, 5) is 26.7. The van der Waals surface area contributed by atoms with Gasteiger partial charge in [0, 0.05) is 11.5 Å². The molecule has 6 heteroatoms. The van der Waals surface area contributed by atoms with Crippen LogP contribution in [0.25, 0.3) is 5.57 Å². The Balaban J connectivity index is 2.00. The standard InChI is InChI=1S/C17H18N2O3S/c1-3-12(13-6-4-11(2)5-7-13)8-15(20)18-9-16-19-14(10-23-16)17(21)22/h4-8,10H,3,9H2,1-2H3,(H,18,20)(H,21,22)/b12-8+. The third-order valence-electron chi connectivity index (χ3n) is 3.29. The molecule has 1 heterocycles. The van der Waals surface area contributed by atoms with Crippen molar-refractivity contribution < 1.29 is 14.7 Å². The second kappa shape index (κ2) is 7.69. The van der Waals surface area contributed by atoms with Gasteiger partial charge in [-0.05, 0) is 24.5 Å². The normalized spacial score (nSPS) is 11.3. The van der Waals surface area contributed by atoms with Crippen molar-refractivity contribution in [1.29, 1.82) is 0 Å². The van der Waals surface area contributed by atoms with Crippen LogP contribution in [0.5, 0.6) is 0 Å². The number of benzene rings is 1. The maximum Gasteiger partial charge on any atom is 0.355 e. The summed E-state index contributed by atoms with van der Waals surface area (Å²) in [5.74, 6) is -1.28. The van der Waals surface area contributed by atoms with Crippen molar-refractivity contribution in [3.63, 3.8) is 0 Å². The van der Waals surface area contributed by atoms with Crippen LogP contribution in [-0.2, 0) is 11.3 Å². The summed E-state index contributed by atoms with van der Waals surface area (Å²) in [6.07, 6.45) is 2.33. The number of aromatic carboxylic acids is 1. The Labute approximate surface area is 138 Å². The molecule has 1 amide bonds. The number of carbonyl (C=O) groups excluding carboxylic acids is 1. The minimum atomic E-state index is -1.06. The van der Waals surface area contributed by atoms with Gasteiger partial charge in [0.2, 0.25) is 5.91 Å². The molecule has 0 aliphatic carbocycles. The molecule has 0 saturated heterocycles. The van der Waals surface area contributed by atoms with Crippen LogP contribution in [0.3, 0.4) is 0 Å². The van der Waals surface area contributed by atoms with Crippen LogP contribution in [-0.4, -0.2) is 22.0 Å². The number of hydrogen-bond donors (Lipinski definition) is 2. The van der Waals surface area contributed by atoms with Gasteiger partial charge in [0.05, 0.1) is 6.54 Å². The molecule has 0 bridgehead atoms. The molecule has 23 heavy (non-hydrogen) atoms. The Bertz CT molecular complexity index is 733. The molecular weight excluding hydrogens is 312 g/mol. The first-order valence-electron chi connectivity index (χ1n) is 7.22. The summed E-state index contributed by atoms with van der Waals surface area (Å²) in [5.41, 5.74) is 3.15. The van der Waals surface area contributed by atoms with Gasteiger partial charge in [-0.2, -0.15) is 0 Å². The molecule has 0 aliphatic heterocycles. The smallest absolute Gasteiger partial charge is 0.355 e. The Morgan fingerprint density at radius 2 is 2.00 bits per heavy atom. The number of carbonyl (C=O) groups is 2. The van der Waals surface area contributed by atoms with Crippen molar-refractivity contribution in [1.82, 2.24) is 10.3 Å². The van der Waals surface area contributed by atoms with E-state index in [0.717, 1.165) is 17.6 Å². The molecule has 0 spiro atoms. The van der Waals surface area contributed by atoms with E-state index in [1.165, 1.54) is 22.3 Å². The summed E-state index contributed by atoms with van der Waals surface area (Å²) in [6.45, 7) is 4.24. The van der Waals surface area contributed by atoms with Crippen LogP contribution in [0.1, 0.15) is 40.0 Å². The molecule has 0 radical (unpaired) electrons. The molecule has 5 nitrogen and oxygen atoms in total. The first-order valence-corrected chi connectivity index (χ1v) is 8.10. The van der Waals surface area contributed by atoms with Gasteiger partial charge in [0.25, 0.3) is 0 Å². The third kappa shape index (κ3) is 4.75. The number of rotatable bonds is 6. The average molecular weight is 330 g/mol. The maximum absolute atomic E-state index is 12.0. The van der Waals surface area contributed by atoms with Crippen LogP contribution < -0.4 is 5.32 Å². The number of nitrogens with zero attached hydrogens (tertiary/aromatic N) is 1. The molecular formula is C17H18N2O3S. The van der Waals surface area contributed by atoms with Gasteiger partial charge in [-0.25, -0.2) is 9.78 Å². The Morgan fingerprint density at radius 1 is 1.30 bits per heavy atom. The zero-order chi connectivity index (χ0) is 16.8. The fourth-order valence-corrected chi connectivity index (χ4v) is 2.73. The number of aryl methyl sites for hydroxylation is 1. The summed E-state index contributed by atoms with van der Waals surface area (Å²) in [5, 5.41) is 13.6. The van der Waals surface area contributed by atoms with Crippen molar-refractivity contribution in [3.8, 4) is 0 Å². The largest absolute Gasteiger partial charge is 0.476 e. The quantitative estimate of drug-likeness (QED) is 0.797. The number of amides is 1. The lowest BCUT2D eigenvalue weighted by atomic mass is 10.0. The lowest BCUT2D eigenvalue weighted by Crippen LogP contribution is -2.20. The van der Waals surface area contributed by atoms with E-state index in [1.807, 2.05) is 38.1 Å². The van der Waals surface area contributed by atoms with E-state index in [-0.39, 0.29) is 18.1 Å². The van der Waals surface area contributed by atoms with E-state index in [1.54, 1.807) is 6.08 Å². The molecule has 0 unspecified atom stereocenters. The monoisotopic (exact) mass is 330 g/mol. The predicted octanol–water partition coefficient (Wildman–Crippen LogP) is 3.26. The highest BCUT2D eigenvalue weighted by atomic mass is 32.1. The summed E-state index contributed by atoms with van der Waals surface area (Å²) in [7, 11) is 0. The Hall–Kier alpha value is -2.47. The van der Waals surface area contributed by atoms with E-state index in [4.69, 9.17) is 5.11 Å². The number of allylic oxidation sites excluding steroid dienone is 1. The lowest BCUT2D eigenvalue weighted by Gasteiger charge is -2.06. The fraction of sp³-hybridized carbons (Fsp3) is 0.235. The average Bonchev–Trinajstić information content (AvgIpc) is 3.01. The fourth-order valence-electron chi connectivity index (χ4n) is 2.02. The molecule has 0 fully saturated rings. The van der Waals surface area contributed by atoms with Crippen molar-refractivity contribution >= 4 is 28.8 Å². The Morgan fingerprint density at radius 3 is 2.57 bits per heavy atom. The van der Waals surface area contributed by atoms with Crippen molar-refractivity contribution in [3.05, 3.63) is 57.6 Å². The van der Waals surface area contributed by atoms with Gasteiger partial charge in [0.1, 0.15) is 5.01 Å². The van der Waals surface area contributed by atoms with E-state index < -0.39 is 5.97 Å². The third-order valence-corrected chi connectivity index (χ3v) is 4.14. The summed E-state index contributed by atoms with van der Waals surface area (Å²) >= 11 is 1.22. The number of nitrogens with one attached hydrogen (secondary N) is 1. The van der Waals surface area contributed by atoms with E-state index in [0.29, 0.717) is 5.01 Å². The number of thiazole rings is 1. The highest BCUT2D eigenvalue weighted by Gasteiger charge is 2.09. The predicted molar refractivity (Wildman–Crippen MR) is 90.4 cm³/mol. The highest BCUT2D eigenvalue weighted by molar-refractivity contribution is 7.09. The van der Waals surface area contributed by atoms with Gasteiger partial charge in [-0.15, -0.1) is 11.3 Å². The zero-order valence-electron chi connectivity index (χ0n) is 13.0. The molecule has 0 saturated carbocycles. The number of carboxylic acids is 1. The summed E-state index contributed by atoms with van der Waals surface area (Å²) < 4.78 is 0. The molecule has 2 N–H and O–H groups in total. The minimum absolute atomic E-state index is 0.00342. The summed E-state index contributed by atoms with van der Waals surface area (Å²) in [6, 6.07) is 8.02. The number of aromatic nitrogens is 1. The second-order valence-corrected chi connectivity index (χ2v) is 5.98. The second-order valence-electron chi connectivity index (χ2n) is 5.04.